The molecule has 2 N–H and O–H groups in total. The molecule has 0 aliphatic carbocycles. The lowest BCUT2D eigenvalue weighted by atomic mass is 9.93. The first-order chi connectivity index (χ1) is 10.9. The monoisotopic (exact) mass is 311 g/mol. The highest BCUT2D eigenvalue weighted by Crippen LogP contribution is 2.19. The number of carbonyl (C=O) groups excluding carboxylic acids is 1. The van der Waals surface area contributed by atoms with E-state index in [1.807, 2.05) is 42.5 Å². The third kappa shape index (κ3) is 5.22. The van der Waals surface area contributed by atoms with Crippen molar-refractivity contribution in [1.82, 2.24) is 5.32 Å². The Labute approximate surface area is 139 Å². The van der Waals surface area contributed by atoms with Gasteiger partial charge in [-0.2, -0.15) is 0 Å². The van der Waals surface area contributed by atoms with Crippen molar-refractivity contribution in [2.75, 3.05) is 27.2 Å². The first-order valence-corrected chi connectivity index (χ1v) is 8.10. The van der Waals surface area contributed by atoms with Gasteiger partial charge in [0.2, 0.25) is 0 Å². The maximum absolute atomic E-state index is 12.3. The van der Waals surface area contributed by atoms with Crippen LogP contribution in [-0.2, 0) is 0 Å². The molecular formula is C20H27N2O+. The normalized spacial score (nSPS) is 11.5. The fraction of sp³-hybridized carbons (Fsp3) is 0.350. The minimum Gasteiger partial charge on any atom is -0.351 e. The van der Waals surface area contributed by atoms with Crippen LogP contribution in [0, 0.1) is 5.41 Å². The predicted molar refractivity (Wildman–Crippen MR) is 95.7 cm³/mol. The van der Waals surface area contributed by atoms with E-state index < -0.39 is 0 Å². The molecule has 0 aliphatic heterocycles. The molecule has 0 atom stereocenters. The summed E-state index contributed by atoms with van der Waals surface area (Å²) in [5.74, 6) is -0.00792. The van der Waals surface area contributed by atoms with E-state index in [1.54, 1.807) is 0 Å². The van der Waals surface area contributed by atoms with Crippen LogP contribution in [0.5, 0.6) is 0 Å². The van der Waals surface area contributed by atoms with E-state index >= 15 is 0 Å². The standard InChI is InChI=1S/C20H26N2O/c1-20(2,15-22(3)4)14-21-19(23)18-12-10-17(11-13-18)16-8-6-5-7-9-16/h5-13H,14-15H2,1-4H3,(H,21,23)/p+1. The fourth-order valence-corrected chi connectivity index (χ4v) is 2.89. The van der Waals surface area contributed by atoms with Crippen LogP contribution >= 0.6 is 0 Å². The molecule has 0 aliphatic rings. The van der Waals surface area contributed by atoms with Crippen LogP contribution in [0.2, 0.25) is 0 Å². The maximum Gasteiger partial charge on any atom is 0.251 e. The van der Waals surface area contributed by atoms with Crippen molar-refractivity contribution < 1.29 is 9.69 Å². The molecular weight excluding hydrogens is 284 g/mol. The zero-order valence-electron chi connectivity index (χ0n) is 14.5. The Hall–Kier alpha value is -2.13. The van der Waals surface area contributed by atoms with Crippen molar-refractivity contribution in [2.24, 2.45) is 5.41 Å². The van der Waals surface area contributed by atoms with Gasteiger partial charge >= 0.3 is 0 Å². The third-order valence-electron chi connectivity index (χ3n) is 3.81. The van der Waals surface area contributed by atoms with E-state index in [0.29, 0.717) is 12.1 Å². The first kappa shape index (κ1) is 17.2. The number of hydrogen-bond donors (Lipinski definition) is 2. The van der Waals surface area contributed by atoms with Crippen LogP contribution in [0.3, 0.4) is 0 Å². The fourth-order valence-electron chi connectivity index (χ4n) is 2.89. The average Bonchev–Trinajstić information content (AvgIpc) is 2.52. The van der Waals surface area contributed by atoms with E-state index in [1.165, 1.54) is 4.90 Å². The van der Waals surface area contributed by atoms with Crippen LogP contribution in [0.4, 0.5) is 0 Å². The van der Waals surface area contributed by atoms with Gasteiger partial charge in [-0.05, 0) is 23.3 Å². The summed E-state index contributed by atoms with van der Waals surface area (Å²) in [6.45, 7) is 6.05. The number of rotatable bonds is 6. The Morgan fingerprint density at radius 1 is 0.957 bits per heavy atom. The largest absolute Gasteiger partial charge is 0.351 e. The number of hydrogen-bond acceptors (Lipinski definition) is 1. The number of quaternary nitrogens is 1. The molecule has 0 heterocycles. The van der Waals surface area contributed by atoms with Gasteiger partial charge in [0.15, 0.2) is 0 Å². The Morgan fingerprint density at radius 2 is 1.52 bits per heavy atom. The highest BCUT2D eigenvalue weighted by atomic mass is 16.1. The minimum atomic E-state index is -0.00792. The molecule has 0 unspecified atom stereocenters. The van der Waals surface area contributed by atoms with Gasteiger partial charge in [-0.15, -0.1) is 0 Å². The van der Waals surface area contributed by atoms with Gasteiger partial charge in [-0.3, -0.25) is 4.79 Å². The SMILES string of the molecule is C[NH+](C)CC(C)(C)CNC(=O)c1ccc(-c2ccccc2)cc1. The number of nitrogens with one attached hydrogen (secondary N) is 2. The van der Waals surface area contributed by atoms with Gasteiger partial charge in [0, 0.05) is 17.5 Å². The van der Waals surface area contributed by atoms with Crippen LogP contribution < -0.4 is 10.2 Å². The second-order valence-electron chi connectivity index (χ2n) is 7.17. The second-order valence-corrected chi connectivity index (χ2v) is 7.17. The van der Waals surface area contributed by atoms with Crippen molar-refractivity contribution in [3.05, 3.63) is 60.2 Å². The summed E-state index contributed by atoms with van der Waals surface area (Å²) in [4.78, 5) is 13.7. The minimum absolute atomic E-state index is 0.00792. The summed E-state index contributed by atoms with van der Waals surface area (Å²) in [5, 5.41) is 3.05. The molecule has 0 aromatic heterocycles. The Bertz CT molecular complexity index is 630. The van der Waals surface area contributed by atoms with Crippen molar-refractivity contribution in [1.29, 1.82) is 0 Å². The summed E-state index contributed by atoms with van der Waals surface area (Å²) < 4.78 is 0. The molecule has 0 spiro atoms. The van der Waals surface area contributed by atoms with Crippen molar-refractivity contribution in [2.45, 2.75) is 13.8 Å². The zero-order chi connectivity index (χ0) is 16.9. The number of carbonyl (C=O) groups is 1. The van der Waals surface area contributed by atoms with Crippen LogP contribution in [0.25, 0.3) is 11.1 Å². The summed E-state index contributed by atoms with van der Waals surface area (Å²) in [7, 11) is 4.26. The third-order valence-corrected chi connectivity index (χ3v) is 3.81. The quantitative estimate of drug-likeness (QED) is 0.843. The van der Waals surface area contributed by atoms with Crippen molar-refractivity contribution in [3.63, 3.8) is 0 Å². The topological polar surface area (TPSA) is 33.5 Å². The molecule has 2 rings (SSSR count). The van der Waals surface area contributed by atoms with Crippen LogP contribution in [0.1, 0.15) is 24.2 Å². The van der Waals surface area contributed by atoms with E-state index in [2.05, 4.69) is 45.4 Å². The van der Waals surface area contributed by atoms with Gasteiger partial charge in [-0.1, -0.05) is 56.3 Å². The Morgan fingerprint density at radius 3 is 2.09 bits per heavy atom. The van der Waals surface area contributed by atoms with E-state index in [9.17, 15) is 4.79 Å². The molecule has 3 heteroatoms. The number of amides is 1. The molecule has 122 valence electrons. The summed E-state index contributed by atoms with van der Waals surface area (Å²) in [5.41, 5.74) is 3.07. The molecule has 23 heavy (non-hydrogen) atoms. The van der Waals surface area contributed by atoms with Gasteiger partial charge < -0.3 is 10.2 Å². The Kier molecular flexibility index (Phi) is 5.56. The molecule has 3 nitrogen and oxygen atoms in total. The molecule has 0 saturated heterocycles. The van der Waals surface area contributed by atoms with E-state index in [-0.39, 0.29) is 11.3 Å². The van der Waals surface area contributed by atoms with Crippen molar-refractivity contribution in [3.8, 4) is 11.1 Å². The lowest BCUT2D eigenvalue weighted by molar-refractivity contribution is -0.865. The van der Waals surface area contributed by atoms with Crippen molar-refractivity contribution >= 4 is 5.91 Å². The predicted octanol–water partition coefficient (Wildman–Crippen LogP) is 2.25. The van der Waals surface area contributed by atoms with Crippen LogP contribution in [0.15, 0.2) is 54.6 Å². The highest BCUT2D eigenvalue weighted by Gasteiger charge is 2.22. The number of benzene rings is 2. The lowest BCUT2D eigenvalue weighted by Gasteiger charge is -2.26. The molecule has 0 radical (unpaired) electrons. The molecule has 1 amide bonds. The summed E-state index contributed by atoms with van der Waals surface area (Å²) >= 11 is 0. The molecule has 0 saturated carbocycles. The molecule has 2 aromatic rings. The van der Waals surface area contributed by atoms with Gasteiger partial charge in [0.25, 0.3) is 5.91 Å². The van der Waals surface area contributed by atoms with E-state index in [0.717, 1.165) is 17.7 Å². The Balaban J connectivity index is 1.98. The van der Waals surface area contributed by atoms with Gasteiger partial charge in [0.05, 0.1) is 20.6 Å². The second kappa shape index (κ2) is 7.42. The molecule has 0 bridgehead atoms. The van der Waals surface area contributed by atoms with E-state index in [4.69, 9.17) is 0 Å². The zero-order valence-corrected chi connectivity index (χ0v) is 14.5. The smallest absolute Gasteiger partial charge is 0.251 e. The van der Waals surface area contributed by atoms with Gasteiger partial charge in [-0.25, -0.2) is 0 Å². The molecule has 2 aromatic carbocycles. The highest BCUT2D eigenvalue weighted by molar-refractivity contribution is 5.94. The first-order valence-electron chi connectivity index (χ1n) is 8.10. The summed E-state index contributed by atoms with van der Waals surface area (Å²) in [6.07, 6.45) is 0. The van der Waals surface area contributed by atoms with Gasteiger partial charge in [0.1, 0.15) is 0 Å². The molecule has 0 fully saturated rings. The lowest BCUT2D eigenvalue weighted by Crippen LogP contribution is -3.07. The average molecular weight is 311 g/mol. The summed E-state index contributed by atoms with van der Waals surface area (Å²) in [6, 6.07) is 18.0. The maximum atomic E-state index is 12.3. The van der Waals surface area contributed by atoms with Crippen LogP contribution in [-0.4, -0.2) is 33.1 Å².